The Labute approximate surface area is 78.1 Å². The van der Waals surface area contributed by atoms with E-state index >= 15 is 0 Å². The van der Waals surface area contributed by atoms with Gasteiger partial charge in [0.15, 0.2) is 0 Å². The van der Waals surface area contributed by atoms with Crippen LogP contribution in [-0.2, 0) is 23.3 Å². The summed E-state index contributed by atoms with van der Waals surface area (Å²) in [4.78, 5) is 0. The first-order valence-corrected chi connectivity index (χ1v) is 8.22. The average molecular weight is 343 g/mol. The normalized spacial score (nSPS) is 16.9. The van der Waals surface area contributed by atoms with E-state index in [0.717, 1.165) is 0 Å². The zero-order valence-electron chi connectivity index (χ0n) is 5.49. The van der Waals surface area contributed by atoms with E-state index in [9.17, 15) is 36.3 Å². The Hall–Kier alpha value is 0.358. The van der Waals surface area contributed by atoms with E-state index in [-0.39, 0.29) is 0 Å². The van der Waals surface area contributed by atoms with Gasteiger partial charge >= 0.3 is 58.3 Å². The van der Waals surface area contributed by atoms with E-state index in [4.69, 9.17) is 0 Å². The van der Waals surface area contributed by atoms with E-state index in [1.165, 1.54) is 0 Å². The van der Waals surface area contributed by atoms with Crippen molar-refractivity contribution in [1.29, 1.82) is 0 Å². The van der Waals surface area contributed by atoms with Crippen LogP contribution in [0.5, 0.6) is 0 Å². The summed E-state index contributed by atoms with van der Waals surface area (Å²) in [5.74, 6) is 0. The summed E-state index contributed by atoms with van der Waals surface area (Å²) in [6.45, 7) is 0. The fraction of sp³-hybridized carbons (Fsp3) is 0. The molecule has 0 spiro atoms. The molecule has 92 valence electrons. The van der Waals surface area contributed by atoms with Gasteiger partial charge in [0.25, 0.3) is 0 Å². The van der Waals surface area contributed by atoms with Gasteiger partial charge in [-0.15, -0.1) is 7.77 Å². The van der Waals surface area contributed by atoms with Gasteiger partial charge in [-0.3, -0.25) is 0 Å². The van der Waals surface area contributed by atoms with Crippen molar-refractivity contribution >= 4 is 37.5 Å². The molecule has 0 bridgehead atoms. The van der Waals surface area contributed by atoms with Gasteiger partial charge in [0.1, 0.15) is 11.5 Å². The van der Waals surface area contributed by atoms with Gasteiger partial charge in [0.2, 0.25) is 0 Å². The average Bonchev–Trinajstić information content (AvgIpc) is 1.46. The van der Waals surface area contributed by atoms with Crippen molar-refractivity contribution in [3.8, 4) is 0 Å². The summed E-state index contributed by atoms with van der Waals surface area (Å²) >= 11 is -18.0. The van der Waals surface area contributed by atoms with Crippen molar-refractivity contribution in [2.75, 3.05) is 0 Å². The molecule has 0 saturated heterocycles. The molecule has 14 heavy (non-hydrogen) atoms. The molecule has 0 amide bonds. The van der Waals surface area contributed by atoms with Crippen LogP contribution in [0.15, 0.2) is 3.77 Å². The molecule has 0 aromatic heterocycles. The van der Waals surface area contributed by atoms with Crippen molar-refractivity contribution in [1.82, 2.24) is 0 Å². The number of hydrogen-bond donors (Lipinski definition) is 0. The second-order valence-corrected chi connectivity index (χ2v) is 6.83. The van der Waals surface area contributed by atoms with E-state index in [1.54, 1.807) is 3.77 Å². The molecule has 0 rings (SSSR count). The molecule has 0 aliphatic carbocycles. The molecule has 0 heterocycles. The molecular weight excluding hydrogens is 343 g/mol. The van der Waals surface area contributed by atoms with Gasteiger partial charge in [0.05, 0.1) is 0 Å². The molecule has 0 atom stereocenters. The Morgan fingerprint density at radius 2 is 1.07 bits per heavy atom. The fourth-order valence-electron chi connectivity index (χ4n) is 0.0426. The summed E-state index contributed by atoms with van der Waals surface area (Å²) in [7, 11) is 0. The van der Waals surface area contributed by atoms with E-state index in [1.807, 2.05) is 0 Å². The quantitative estimate of drug-likeness (QED) is 0.388. The van der Waals surface area contributed by atoms with Crippen molar-refractivity contribution < 1.29 is 36.3 Å². The Morgan fingerprint density at radius 3 is 1.07 bits per heavy atom. The van der Waals surface area contributed by atoms with Crippen LogP contribution in [0.25, 0.3) is 0 Å². The molecule has 0 aliphatic rings. The fourth-order valence-corrected chi connectivity index (χ4v) is 0.383. The predicted molar refractivity (Wildman–Crippen MR) is 34.0 cm³/mol. The van der Waals surface area contributed by atoms with Crippen molar-refractivity contribution in [2.24, 2.45) is 3.77 Å². The Kier molecular flexibility index (Phi) is 4.89. The second kappa shape index (κ2) is 4.08. The van der Waals surface area contributed by atoms with Crippen LogP contribution < -0.4 is 0 Å². The van der Waals surface area contributed by atoms with E-state index in [2.05, 4.69) is 0 Å². The third kappa shape index (κ3) is 83.9. The van der Waals surface area contributed by atoms with E-state index in [0.29, 0.717) is 0 Å². The first-order valence-electron chi connectivity index (χ1n) is 2.00. The van der Waals surface area contributed by atoms with Crippen molar-refractivity contribution in [2.45, 2.75) is 0 Å². The Balaban J connectivity index is 0. The molecule has 0 aliphatic heterocycles. The number of nitrogens with zero attached hydrogens (tertiary/aromatic N) is 1. The molecule has 0 fully saturated rings. The predicted octanol–water partition coefficient (Wildman–Crippen LogP) is 4.00. The third-order valence-corrected chi connectivity index (χ3v) is 1.01. The SMILES string of the molecule is FS(F)=N[S+](F)F.F[As-](F)(F)(F)(F)F. The molecule has 0 aromatic rings. The number of hydrogen-bond acceptors (Lipinski definition) is 1. The van der Waals surface area contributed by atoms with Gasteiger partial charge in [-0.2, -0.15) is 0 Å². The third-order valence-electron chi connectivity index (χ3n) is 0.113. The Morgan fingerprint density at radius 1 is 0.857 bits per heavy atom. The van der Waals surface area contributed by atoms with Crippen LogP contribution >= 0.6 is 0 Å². The summed E-state index contributed by atoms with van der Waals surface area (Å²) in [6, 6.07) is 0. The molecule has 0 saturated carbocycles. The van der Waals surface area contributed by atoms with Crippen molar-refractivity contribution in [3.05, 3.63) is 0 Å². The van der Waals surface area contributed by atoms with Gasteiger partial charge < -0.3 is 0 Å². The summed E-state index contributed by atoms with van der Waals surface area (Å²) < 4.78 is 104. The van der Waals surface area contributed by atoms with Gasteiger partial charge in [-0.05, 0) is 0 Å². The molecule has 0 radical (unpaired) electrons. The molecule has 1 nitrogen and oxygen atoms in total. The second-order valence-electron chi connectivity index (χ2n) is 1.43. The minimum absolute atomic E-state index is 1.67. The van der Waals surface area contributed by atoms with Gasteiger partial charge in [-0.1, -0.05) is 0 Å². The minimum atomic E-state index is -11.1. The van der Waals surface area contributed by atoms with Crippen LogP contribution in [0.1, 0.15) is 0 Å². The zero-order valence-corrected chi connectivity index (χ0v) is 9.00. The first-order chi connectivity index (χ1) is 5.58. The monoisotopic (exact) mass is 343 g/mol. The maximum absolute atomic E-state index is 11.1. The first kappa shape index (κ1) is 16.8. The topological polar surface area (TPSA) is 12.4 Å². The summed E-state index contributed by atoms with van der Waals surface area (Å²) in [5.41, 5.74) is 0. The molecular formula is AsF10NS2. The standard InChI is InChI=1S/AsF6.F4NS2/c2-1(3,4,5,6)7;1-6(2)5-7(3)4/q-1;+1. The number of rotatable bonds is 1. The Bertz CT molecular complexity index is 192. The number of halogens is 10. The van der Waals surface area contributed by atoms with Crippen LogP contribution in [0.3, 0.4) is 0 Å². The summed E-state index contributed by atoms with van der Waals surface area (Å²) in [5, 5.41) is 0. The molecule has 0 aromatic carbocycles. The van der Waals surface area contributed by atoms with Crippen LogP contribution in [-0.4, -0.2) is 14.2 Å². The van der Waals surface area contributed by atoms with Crippen molar-refractivity contribution in [3.63, 3.8) is 0 Å². The zero-order chi connectivity index (χ0) is 12.3. The van der Waals surface area contributed by atoms with Crippen LogP contribution in [0, 0.1) is 0 Å². The molecule has 0 unspecified atom stereocenters. The molecule has 0 N–H and O–H groups in total. The maximum atomic E-state index is 10.7. The van der Waals surface area contributed by atoms with Crippen LogP contribution in [0.4, 0.5) is 36.3 Å². The molecule has 14 heteroatoms. The van der Waals surface area contributed by atoms with E-state index < -0.39 is 37.5 Å². The van der Waals surface area contributed by atoms with Crippen LogP contribution in [0.2, 0.25) is 0 Å². The summed E-state index contributed by atoms with van der Waals surface area (Å²) in [6.07, 6.45) is 0. The van der Waals surface area contributed by atoms with Gasteiger partial charge in [-0.25, -0.2) is 0 Å². The van der Waals surface area contributed by atoms with Gasteiger partial charge in [0, 0.05) is 0 Å².